The monoisotopic (exact) mass is 760 g/mol. The van der Waals surface area contributed by atoms with Gasteiger partial charge in [0.05, 0.1) is 0 Å². The quantitative estimate of drug-likeness (QED) is 0.121. The molecule has 0 aliphatic carbocycles. The number of hydrogen-bond acceptors (Lipinski definition) is 4. The van der Waals surface area contributed by atoms with E-state index in [1.807, 2.05) is 0 Å². The van der Waals surface area contributed by atoms with Crippen molar-refractivity contribution in [3.63, 3.8) is 0 Å². The van der Waals surface area contributed by atoms with Gasteiger partial charge in [0.15, 0.2) is 0 Å². The molecule has 0 atom stereocenters. The first-order valence-electron chi connectivity index (χ1n) is 11.5. The molecule has 0 saturated carbocycles. The first-order valence-corrected chi connectivity index (χ1v) is 11.5. The van der Waals surface area contributed by atoms with Crippen LogP contribution in [-0.2, 0) is 21.7 Å². The molecule has 0 aromatic heterocycles. The molecule has 0 saturated heterocycles. The Morgan fingerprint density at radius 3 is 0.444 bits per heavy atom. The second-order valence-electron chi connectivity index (χ2n) is 8.12. The minimum absolute atomic E-state index is 0. The van der Waals surface area contributed by atoms with Crippen LogP contribution in [0.4, 0.5) is 87.8 Å². The molecule has 0 unspecified atom stereocenters. The van der Waals surface area contributed by atoms with E-state index in [2.05, 4.69) is 0 Å². The maximum Gasteiger partial charge on any atom is 0.453 e. The summed E-state index contributed by atoms with van der Waals surface area (Å²) in [6, 6.07) is 0. The van der Waals surface area contributed by atoms with Crippen molar-refractivity contribution in [2.75, 3.05) is 26.4 Å². The molecule has 0 radical (unpaired) electrons. The van der Waals surface area contributed by atoms with Crippen molar-refractivity contribution >= 4 is 0 Å². The molecule has 0 rings (SSSR count). The van der Waals surface area contributed by atoms with E-state index in [4.69, 9.17) is 20.4 Å². The molecule has 0 bridgehead atoms. The van der Waals surface area contributed by atoms with Crippen molar-refractivity contribution in [3.05, 3.63) is 0 Å². The minimum Gasteiger partial charge on any atom is -0.396 e. The molecule has 45 heavy (non-hydrogen) atoms. The number of alkyl halides is 20. The van der Waals surface area contributed by atoms with Crippen molar-refractivity contribution in [2.45, 2.75) is 99.8 Å². The molecule has 25 heteroatoms. The van der Waals surface area contributed by atoms with Gasteiger partial charge in [0, 0.05) is 73.8 Å². The molecule has 0 spiro atoms. The fraction of sp³-hybridized carbons (Fsp3) is 1.00. The number of aliphatic hydroxyl groups excluding tert-OH is 4. The maximum atomic E-state index is 11.9. The number of halogens is 20. The van der Waals surface area contributed by atoms with Crippen LogP contribution in [0.5, 0.6) is 0 Å². The number of rotatable bonds is 12. The maximum absolute atomic E-state index is 11.9. The van der Waals surface area contributed by atoms with Gasteiger partial charge in [0.2, 0.25) is 0 Å². The Bertz CT molecular complexity index is 601. The summed E-state index contributed by atoms with van der Waals surface area (Å²) >= 11 is 0. The SMILES string of the molecule is OCCCC(F)(F)C(F)(F)F.OCCCC(F)(F)C(F)(F)F.OCCCC(F)(F)C(F)(F)F.OCCCC(F)(F)C(F)(F)F.[Ti]. The molecule has 0 aromatic carbocycles. The molecule has 0 aliphatic heterocycles. The van der Waals surface area contributed by atoms with Crippen molar-refractivity contribution in [1.82, 2.24) is 0 Å². The second-order valence-corrected chi connectivity index (χ2v) is 8.12. The molecular weight excluding hydrogens is 732 g/mol. The van der Waals surface area contributed by atoms with Gasteiger partial charge in [-0.2, -0.15) is 87.8 Å². The van der Waals surface area contributed by atoms with Crippen molar-refractivity contribution in [2.24, 2.45) is 0 Å². The van der Waals surface area contributed by atoms with Gasteiger partial charge in [-0.1, -0.05) is 0 Å². The molecule has 0 heterocycles. The molecule has 4 N–H and O–H groups in total. The first kappa shape index (κ1) is 53.6. The van der Waals surface area contributed by atoms with E-state index in [0.29, 0.717) is 0 Å². The smallest absolute Gasteiger partial charge is 0.396 e. The summed E-state index contributed by atoms with van der Waals surface area (Å²) in [6.07, 6.45) is -29.6. The third-order valence-corrected chi connectivity index (χ3v) is 4.25. The fourth-order valence-electron chi connectivity index (χ4n) is 1.77. The van der Waals surface area contributed by atoms with Crippen LogP contribution >= 0.6 is 0 Å². The predicted molar refractivity (Wildman–Crippen MR) is 109 cm³/mol. The Labute approximate surface area is 256 Å². The molecule has 0 aliphatic rings. The average Bonchev–Trinajstić information content (AvgIpc) is 2.82. The van der Waals surface area contributed by atoms with Gasteiger partial charge in [-0.25, -0.2) is 0 Å². The summed E-state index contributed by atoms with van der Waals surface area (Å²) in [4.78, 5) is 0. The van der Waals surface area contributed by atoms with Crippen molar-refractivity contribution in [3.8, 4) is 0 Å². The van der Waals surface area contributed by atoms with Gasteiger partial charge in [-0.3, -0.25) is 0 Å². The zero-order chi connectivity index (χ0) is 36.5. The molecule has 0 amide bonds. The Hall–Kier alpha value is -0.846. The van der Waals surface area contributed by atoms with Crippen LogP contribution in [0.15, 0.2) is 0 Å². The summed E-state index contributed by atoms with van der Waals surface area (Å²) in [6.45, 7) is -2.64. The van der Waals surface area contributed by atoms with Gasteiger partial charge < -0.3 is 20.4 Å². The standard InChI is InChI=1S/4C5H7F5O.Ti/c4*6-4(7,2-1-3-11)5(8,9)10;/h4*11H,1-3H2;. The molecule has 4 nitrogen and oxygen atoms in total. The van der Waals surface area contributed by atoms with E-state index in [-0.39, 0.29) is 21.7 Å². The third-order valence-electron chi connectivity index (χ3n) is 4.25. The summed E-state index contributed by atoms with van der Waals surface area (Å²) < 4.78 is 231. The van der Waals surface area contributed by atoms with Gasteiger partial charge in [-0.15, -0.1) is 0 Å². The molecule has 276 valence electrons. The van der Waals surface area contributed by atoms with Crippen LogP contribution in [0.1, 0.15) is 51.4 Å². The number of hydrogen-bond donors (Lipinski definition) is 4. The molecule has 0 fully saturated rings. The summed E-state index contributed by atoms with van der Waals surface area (Å²) in [7, 11) is 0. The Morgan fingerprint density at radius 1 is 0.267 bits per heavy atom. The van der Waals surface area contributed by atoms with E-state index in [1.54, 1.807) is 0 Å². The van der Waals surface area contributed by atoms with Crippen LogP contribution in [0.25, 0.3) is 0 Å². The van der Waals surface area contributed by atoms with Gasteiger partial charge in [-0.05, 0) is 25.7 Å². The van der Waals surface area contributed by atoms with Crippen LogP contribution in [0.3, 0.4) is 0 Å². The zero-order valence-corrected chi connectivity index (χ0v) is 23.9. The second kappa shape index (κ2) is 21.9. The van der Waals surface area contributed by atoms with Crippen LogP contribution in [-0.4, -0.2) is 95.2 Å². The van der Waals surface area contributed by atoms with Crippen LogP contribution in [0, 0.1) is 0 Å². The summed E-state index contributed by atoms with van der Waals surface area (Å²) in [5.41, 5.74) is 0. The van der Waals surface area contributed by atoms with Gasteiger partial charge in [0.25, 0.3) is 0 Å². The number of aliphatic hydroxyl groups is 4. The fourth-order valence-corrected chi connectivity index (χ4v) is 1.77. The van der Waals surface area contributed by atoms with Crippen LogP contribution < -0.4 is 0 Å². The van der Waals surface area contributed by atoms with Gasteiger partial charge >= 0.3 is 48.4 Å². The van der Waals surface area contributed by atoms with E-state index in [0.717, 1.165) is 0 Å². The van der Waals surface area contributed by atoms with E-state index >= 15 is 0 Å². The normalized spacial score (nSPS) is 13.3. The van der Waals surface area contributed by atoms with Crippen molar-refractivity contribution < 1.29 is 130 Å². The largest absolute Gasteiger partial charge is 0.453 e. The van der Waals surface area contributed by atoms with E-state index in [9.17, 15) is 87.8 Å². The van der Waals surface area contributed by atoms with E-state index in [1.165, 1.54) is 0 Å². The Morgan fingerprint density at radius 2 is 0.378 bits per heavy atom. The first-order chi connectivity index (χ1) is 19.2. The van der Waals surface area contributed by atoms with Gasteiger partial charge in [0.1, 0.15) is 0 Å². The third kappa shape index (κ3) is 24.0. The summed E-state index contributed by atoms with van der Waals surface area (Å²) in [5.74, 6) is -18.7. The van der Waals surface area contributed by atoms with Crippen LogP contribution in [0.2, 0.25) is 0 Å². The summed E-state index contributed by atoms with van der Waals surface area (Å²) in [5, 5.41) is 32.0. The Kier molecular flexibility index (Phi) is 26.1. The molecule has 0 aromatic rings. The Balaban J connectivity index is -0.000000157. The average molecular weight is 760 g/mol. The topological polar surface area (TPSA) is 80.9 Å². The van der Waals surface area contributed by atoms with E-state index < -0.39 is 126 Å². The minimum atomic E-state index is -5.50. The zero-order valence-electron chi connectivity index (χ0n) is 22.3. The molecular formula is C20H28F20O4Ti. The van der Waals surface area contributed by atoms with Crippen molar-refractivity contribution in [1.29, 1.82) is 0 Å². The predicted octanol–water partition coefficient (Wildman–Crippen LogP) is 7.82.